The molecule has 0 atom stereocenters. The SMILES string of the molecule is CCNC(=O)c1cc(CN(C(=O)C2CC2)C2CCCCC2)on1. The largest absolute Gasteiger partial charge is 0.359 e. The van der Waals surface area contributed by atoms with Gasteiger partial charge in [0.05, 0.1) is 6.54 Å². The zero-order valence-corrected chi connectivity index (χ0v) is 13.7. The van der Waals surface area contributed by atoms with Crippen molar-refractivity contribution in [3.8, 4) is 0 Å². The Morgan fingerprint density at radius 2 is 2.00 bits per heavy atom. The summed E-state index contributed by atoms with van der Waals surface area (Å²) in [6, 6.07) is 1.95. The van der Waals surface area contributed by atoms with Gasteiger partial charge in [0, 0.05) is 24.6 Å². The van der Waals surface area contributed by atoms with Crippen LogP contribution in [-0.4, -0.2) is 34.5 Å². The Morgan fingerprint density at radius 1 is 1.26 bits per heavy atom. The van der Waals surface area contributed by atoms with Gasteiger partial charge in [-0.05, 0) is 32.6 Å². The fourth-order valence-electron chi connectivity index (χ4n) is 3.26. The van der Waals surface area contributed by atoms with Gasteiger partial charge in [-0.15, -0.1) is 0 Å². The molecule has 0 unspecified atom stereocenters. The van der Waals surface area contributed by atoms with Crippen LogP contribution in [0.2, 0.25) is 0 Å². The maximum atomic E-state index is 12.6. The van der Waals surface area contributed by atoms with E-state index >= 15 is 0 Å². The molecule has 2 aliphatic rings. The fourth-order valence-corrected chi connectivity index (χ4v) is 3.26. The van der Waals surface area contributed by atoms with Crippen molar-refractivity contribution in [1.29, 1.82) is 0 Å². The summed E-state index contributed by atoms with van der Waals surface area (Å²) in [5, 5.41) is 6.53. The lowest BCUT2D eigenvalue weighted by Crippen LogP contribution is -2.41. The van der Waals surface area contributed by atoms with Gasteiger partial charge in [0.2, 0.25) is 5.91 Å². The van der Waals surface area contributed by atoms with Gasteiger partial charge in [0.25, 0.3) is 5.91 Å². The van der Waals surface area contributed by atoms with E-state index in [1.165, 1.54) is 19.3 Å². The molecule has 1 N–H and O–H groups in total. The molecular weight excluding hydrogens is 294 g/mol. The first-order valence-electron chi connectivity index (χ1n) is 8.73. The topological polar surface area (TPSA) is 75.4 Å². The number of carbonyl (C=O) groups is 2. The van der Waals surface area contributed by atoms with E-state index in [1.807, 2.05) is 11.8 Å². The van der Waals surface area contributed by atoms with E-state index in [9.17, 15) is 9.59 Å². The summed E-state index contributed by atoms with van der Waals surface area (Å²) in [6.45, 7) is 2.83. The van der Waals surface area contributed by atoms with Crippen LogP contribution in [0.3, 0.4) is 0 Å². The minimum Gasteiger partial charge on any atom is -0.359 e. The Kier molecular flexibility index (Phi) is 4.98. The molecule has 0 saturated heterocycles. The normalized spacial score (nSPS) is 18.7. The maximum absolute atomic E-state index is 12.6. The molecule has 0 aliphatic heterocycles. The van der Waals surface area contributed by atoms with Gasteiger partial charge in [0.1, 0.15) is 0 Å². The van der Waals surface area contributed by atoms with Crippen LogP contribution in [0.1, 0.15) is 68.1 Å². The molecule has 3 rings (SSSR count). The highest BCUT2D eigenvalue weighted by Crippen LogP contribution is 2.34. The molecule has 0 radical (unpaired) electrons. The summed E-state index contributed by atoms with van der Waals surface area (Å²) < 4.78 is 5.30. The van der Waals surface area contributed by atoms with Crippen LogP contribution in [0, 0.1) is 5.92 Å². The van der Waals surface area contributed by atoms with Crippen LogP contribution in [0.5, 0.6) is 0 Å². The quantitative estimate of drug-likeness (QED) is 0.874. The third-order valence-electron chi connectivity index (χ3n) is 4.68. The van der Waals surface area contributed by atoms with Gasteiger partial charge in [-0.2, -0.15) is 0 Å². The second kappa shape index (κ2) is 7.15. The van der Waals surface area contributed by atoms with Crippen molar-refractivity contribution in [2.75, 3.05) is 6.54 Å². The van der Waals surface area contributed by atoms with E-state index in [0.29, 0.717) is 24.9 Å². The van der Waals surface area contributed by atoms with Gasteiger partial charge in [-0.3, -0.25) is 9.59 Å². The Labute approximate surface area is 136 Å². The van der Waals surface area contributed by atoms with Crippen molar-refractivity contribution >= 4 is 11.8 Å². The lowest BCUT2D eigenvalue weighted by Gasteiger charge is -2.34. The highest BCUT2D eigenvalue weighted by molar-refractivity contribution is 5.92. The summed E-state index contributed by atoms with van der Waals surface area (Å²) in [4.78, 5) is 26.4. The van der Waals surface area contributed by atoms with Crippen molar-refractivity contribution in [2.24, 2.45) is 5.92 Å². The second-order valence-electron chi connectivity index (χ2n) is 6.57. The van der Waals surface area contributed by atoms with E-state index in [-0.39, 0.29) is 23.4 Å². The van der Waals surface area contributed by atoms with E-state index in [4.69, 9.17) is 4.52 Å². The maximum Gasteiger partial charge on any atom is 0.273 e. The number of carbonyl (C=O) groups excluding carboxylic acids is 2. The smallest absolute Gasteiger partial charge is 0.273 e. The zero-order valence-electron chi connectivity index (χ0n) is 13.7. The molecule has 126 valence electrons. The van der Waals surface area contributed by atoms with E-state index in [2.05, 4.69) is 10.5 Å². The average molecular weight is 319 g/mol. The lowest BCUT2D eigenvalue weighted by molar-refractivity contribution is -0.136. The van der Waals surface area contributed by atoms with Gasteiger partial charge in [-0.1, -0.05) is 24.4 Å². The number of hydrogen-bond acceptors (Lipinski definition) is 4. The number of rotatable bonds is 6. The third kappa shape index (κ3) is 3.92. The Hall–Kier alpha value is -1.85. The van der Waals surface area contributed by atoms with Crippen LogP contribution in [0.15, 0.2) is 10.6 Å². The molecule has 1 aromatic heterocycles. The minimum atomic E-state index is -0.236. The van der Waals surface area contributed by atoms with Gasteiger partial charge < -0.3 is 14.7 Å². The molecule has 2 saturated carbocycles. The first-order valence-corrected chi connectivity index (χ1v) is 8.73. The zero-order chi connectivity index (χ0) is 16.2. The number of hydrogen-bond donors (Lipinski definition) is 1. The lowest BCUT2D eigenvalue weighted by atomic mass is 9.93. The second-order valence-corrected chi connectivity index (χ2v) is 6.57. The van der Waals surface area contributed by atoms with Crippen LogP contribution < -0.4 is 5.32 Å². The van der Waals surface area contributed by atoms with E-state index in [0.717, 1.165) is 25.7 Å². The van der Waals surface area contributed by atoms with Crippen molar-refractivity contribution in [3.05, 3.63) is 17.5 Å². The van der Waals surface area contributed by atoms with E-state index < -0.39 is 0 Å². The molecule has 6 heteroatoms. The summed E-state index contributed by atoms with van der Waals surface area (Å²) >= 11 is 0. The van der Waals surface area contributed by atoms with Crippen molar-refractivity contribution in [2.45, 2.75) is 64.5 Å². The fraction of sp³-hybridized carbons (Fsp3) is 0.706. The van der Waals surface area contributed by atoms with Crippen molar-refractivity contribution in [1.82, 2.24) is 15.4 Å². The molecule has 23 heavy (non-hydrogen) atoms. The molecule has 0 bridgehead atoms. The minimum absolute atomic E-state index is 0.197. The third-order valence-corrected chi connectivity index (χ3v) is 4.68. The van der Waals surface area contributed by atoms with E-state index in [1.54, 1.807) is 6.07 Å². The number of aromatic nitrogens is 1. The number of amides is 2. The standard InChI is InChI=1S/C17H25N3O3/c1-2-18-16(21)15-10-14(23-19-15)11-20(17(22)12-8-9-12)13-6-4-3-5-7-13/h10,12-13H,2-9,11H2,1H3,(H,18,21). The Balaban J connectivity index is 1.70. The Morgan fingerprint density at radius 3 is 2.65 bits per heavy atom. The molecule has 1 heterocycles. The highest BCUT2D eigenvalue weighted by Gasteiger charge is 2.37. The summed E-state index contributed by atoms with van der Waals surface area (Å²) in [5.74, 6) is 0.793. The highest BCUT2D eigenvalue weighted by atomic mass is 16.5. The molecular formula is C17H25N3O3. The average Bonchev–Trinajstić information content (AvgIpc) is 3.32. The van der Waals surface area contributed by atoms with Crippen LogP contribution in [-0.2, 0) is 11.3 Å². The van der Waals surface area contributed by atoms with Gasteiger partial charge >= 0.3 is 0 Å². The van der Waals surface area contributed by atoms with Crippen LogP contribution in [0.4, 0.5) is 0 Å². The Bertz CT molecular complexity index is 559. The molecule has 6 nitrogen and oxygen atoms in total. The first-order chi connectivity index (χ1) is 11.2. The number of nitrogens with one attached hydrogen (secondary N) is 1. The molecule has 0 spiro atoms. The molecule has 1 aromatic rings. The van der Waals surface area contributed by atoms with Crippen LogP contribution >= 0.6 is 0 Å². The summed E-state index contributed by atoms with van der Waals surface area (Å²) in [7, 11) is 0. The van der Waals surface area contributed by atoms with Crippen molar-refractivity contribution < 1.29 is 14.1 Å². The van der Waals surface area contributed by atoms with Gasteiger partial charge in [-0.25, -0.2) is 0 Å². The summed E-state index contributed by atoms with van der Waals surface area (Å²) in [5.41, 5.74) is 0.282. The monoisotopic (exact) mass is 319 g/mol. The molecule has 2 aliphatic carbocycles. The first kappa shape index (κ1) is 16.0. The van der Waals surface area contributed by atoms with Crippen molar-refractivity contribution in [3.63, 3.8) is 0 Å². The summed E-state index contributed by atoms with van der Waals surface area (Å²) in [6.07, 6.45) is 7.75. The molecule has 2 amide bonds. The predicted octanol–water partition coefficient (Wildman–Crippen LogP) is 2.50. The molecule has 2 fully saturated rings. The van der Waals surface area contributed by atoms with Crippen LogP contribution in [0.25, 0.3) is 0 Å². The molecule has 0 aromatic carbocycles. The predicted molar refractivity (Wildman–Crippen MR) is 84.7 cm³/mol. The number of nitrogens with zero attached hydrogens (tertiary/aromatic N) is 2. The van der Waals surface area contributed by atoms with Gasteiger partial charge in [0.15, 0.2) is 11.5 Å².